The van der Waals surface area contributed by atoms with Crippen LogP contribution in [0.15, 0.2) is 24.5 Å². The van der Waals surface area contributed by atoms with Gasteiger partial charge in [-0.25, -0.2) is 8.42 Å². The average molecular weight is 312 g/mol. The molecular formula is C14H20N2O4S. The summed E-state index contributed by atoms with van der Waals surface area (Å²) < 4.78 is 37.7. The molecule has 1 aliphatic carbocycles. The second-order valence-corrected chi connectivity index (χ2v) is 7.55. The lowest BCUT2D eigenvalue weighted by atomic mass is 10.1. The molecule has 0 bridgehead atoms. The second-order valence-electron chi connectivity index (χ2n) is 5.34. The third-order valence-corrected chi connectivity index (χ3v) is 6.03. The van der Waals surface area contributed by atoms with E-state index in [-0.39, 0.29) is 24.0 Å². The smallest absolute Gasteiger partial charge is 0.214 e. The Hall–Kier alpha value is -1.18. The number of hydrogen-bond acceptors (Lipinski definition) is 5. The van der Waals surface area contributed by atoms with Gasteiger partial charge in [-0.15, -0.1) is 0 Å². The Balaban J connectivity index is 1.75. The van der Waals surface area contributed by atoms with Crippen LogP contribution >= 0.6 is 0 Å². The minimum atomic E-state index is -3.19. The van der Waals surface area contributed by atoms with Crippen LogP contribution < -0.4 is 4.74 Å². The lowest BCUT2D eigenvalue weighted by Crippen LogP contribution is -2.54. The molecule has 1 aromatic rings. The summed E-state index contributed by atoms with van der Waals surface area (Å²) in [6.45, 7) is 2.54. The Labute approximate surface area is 125 Å². The van der Waals surface area contributed by atoms with Gasteiger partial charge < -0.3 is 9.47 Å². The fourth-order valence-corrected chi connectivity index (χ4v) is 4.43. The first-order valence-electron chi connectivity index (χ1n) is 7.29. The molecule has 2 heterocycles. The number of rotatable bonds is 4. The fourth-order valence-electron chi connectivity index (χ4n) is 3.11. The predicted molar refractivity (Wildman–Crippen MR) is 77.6 cm³/mol. The van der Waals surface area contributed by atoms with Crippen LogP contribution in [-0.2, 0) is 14.8 Å². The van der Waals surface area contributed by atoms with Crippen LogP contribution in [-0.4, -0.2) is 54.9 Å². The molecule has 3 atom stereocenters. The molecule has 0 spiro atoms. The summed E-state index contributed by atoms with van der Waals surface area (Å²) in [7, 11) is -3.19. The van der Waals surface area contributed by atoms with Crippen molar-refractivity contribution in [2.45, 2.75) is 38.0 Å². The third-order valence-electron chi connectivity index (χ3n) is 4.13. The highest BCUT2D eigenvalue weighted by Crippen LogP contribution is 2.34. The van der Waals surface area contributed by atoms with Gasteiger partial charge in [0.1, 0.15) is 18.0 Å². The van der Waals surface area contributed by atoms with Crippen LogP contribution in [0.2, 0.25) is 0 Å². The zero-order chi connectivity index (χ0) is 14.9. The molecule has 1 saturated carbocycles. The number of nitrogens with zero attached hydrogens (tertiary/aromatic N) is 2. The molecule has 0 radical (unpaired) electrons. The van der Waals surface area contributed by atoms with Gasteiger partial charge in [-0.3, -0.25) is 4.98 Å². The Morgan fingerprint density at radius 2 is 2.33 bits per heavy atom. The van der Waals surface area contributed by atoms with Crippen molar-refractivity contribution in [1.29, 1.82) is 0 Å². The summed E-state index contributed by atoms with van der Waals surface area (Å²) in [6, 6.07) is 3.56. The highest BCUT2D eigenvalue weighted by molar-refractivity contribution is 7.89. The molecule has 2 fully saturated rings. The van der Waals surface area contributed by atoms with Crippen LogP contribution in [0.5, 0.6) is 5.75 Å². The lowest BCUT2D eigenvalue weighted by Gasteiger charge is -2.37. The molecule has 0 aromatic carbocycles. The van der Waals surface area contributed by atoms with Crippen molar-refractivity contribution < 1.29 is 17.9 Å². The largest absolute Gasteiger partial charge is 0.486 e. The summed E-state index contributed by atoms with van der Waals surface area (Å²) in [5, 5.41) is 0. The Bertz CT molecular complexity index is 578. The molecule has 7 heteroatoms. The lowest BCUT2D eigenvalue weighted by molar-refractivity contribution is -0.0660. The monoisotopic (exact) mass is 312 g/mol. The number of aromatic nitrogens is 1. The van der Waals surface area contributed by atoms with Crippen molar-refractivity contribution in [3.8, 4) is 5.75 Å². The molecule has 0 N–H and O–H groups in total. The minimum absolute atomic E-state index is 0.106. The molecule has 3 rings (SSSR count). The minimum Gasteiger partial charge on any atom is -0.486 e. The van der Waals surface area contributed by atoms with Crippen molar-refractivity contribution in [1.82, 2.24) is 9.29 Å². The maximum atomic E-state index is 12.2. The molecule has 0 unspecified atom stereocenters. The van der Waals surface area contributed by atoms with Gasteiger partial charge in [0.2, 0.25) is 10.0 Å². The Morgan fingerprint density at radius 3 is 3.05 bits per heavy atom. The van der Waals surface area contributed by atoms with Gasteiger partial charge >= 0.3 is 0 Å². The molecule has 1 aromatic heterocycles. The topological polar surface area (TPSA) is 68.7 Å². The van der Waals surface area contributed by atoms with Crippen LogP contribution in [0.3, 0.4) is 0 Å². The Kier molecular flexibility index (Phi) is 4.14. The molecule has 116 valence electrons. The van der Waals surface area contributed by atoms with Gasteiger partial charge in [-0.2, -0.15) is 4.31 Å². The van der Waals surface area contributed by atoms with Crippen molar-refractivity contribution in [3.05, 3.63) is 24.5 Å². The first kappa shape index (κ1) is 14.7. The molecule has 6 nitrogen and oxygen atoms in total. The number of hydrogen-bond donors (Lipinski definition) is 0. The van der Waals surface area contributed by atoms with Crippen molar-refractivity contribution in [3.63, 3.8) is 0 Å². The van der Waals surface area contributed by atoms with Gasteiger partial charge in [0, 0.05) is 12.7 Å². The summed E-state index contributed by atoms with van der Waals surface area (Å²) in [5.74, 6) is 0.826. The van der Waals surface area contributed by atoms with E-state index in [0.717, 1.165) is 12.8 Å². The zero-order valence-corrected chi connectivity index (χ0v) is 12.8. The number of pyridine rings is 1. The maximum absolute atomic E-state index is 12.2. The second kappa shape index (κ2) is 5.90. The summed E-state index contributed by atoms with van der Waals surface area (Å²) >= 11 is 0. The van der Waals surface area contributed by atoms with Gasteiger partial charge in [0.15, 0.2) is 0 Å². The third kappa shape index (κ3) is 2.90. The van der Waals surface area contributed by atoms with E-state index in [2.05, 4.69) is 4.98 Å². The number of sulfonamides is 1. The van der Waals surface area contributed by atoms with E-state index in [1.165, 1.54) is 0 Å². The predicted octanol–water partition coefficient (Wildman–Crippen LogP) is 1.04. The highest BCUT2D eigenvalue weighted by atomic mass is 32.2. The van der Waals surface area contributed by atoms with Gasteiger partial charge in [0.25, 0.3) is 0 Å². The summed E-state index contributed by atoms with van der Waals surface area (Å²) in [6.07, 6.45) is 4.61. The number of ether oxygens (including phenoxy) is 2. The van der Waals surface area contributed by atoms with Crippen molar-refractivity contribution >= 4 is 10.0 Å². The van der Waals surface area contributed by atoms with Crippen molar-refractivity contribution in [2.24, 2.45) is 0 Å². The first-order chi connectivity index (χ1) is 10.1. The molecule has 0 amide bonds. The van der Waals surface area contributed by atoms with E-state index in [1.54, 1.807) is 23.6 Å². The first-order valence-corrected chi connectivity index (χ1v) is 8.90. The summed E-state index contributed by atoms with van der Waals surface area (Å²) in [4.78, 5) is 4.03. The van der Waals surface area contributed by atoms with Gasteiger partial charge in [-0.1, -0.05) is 0 Å². The average Bonchev–Trinajstić information content (AvgIpc) is 2.91. The summed E-state index contributed by atoms with van der Waals surface area (Å²) in [5.41, 5.74) is 0. The highest BCUT2D eigenvalue weighted by Gasteiger charge is 2.47. The van der Waals surface area contributed by atoms with Crippen LogP contribution in [0.4, 0.5) is 0 Å². The van der Waals surface area contributed by atoms with E-state index >= 15 is 0 Å². The molecule has 21 heavy (non-hydrogen) atoms. The molecule has 1 saturated heterocycles. The van der Waals surface area contributed by atoms with E-state index in [4.69, 9.17) is 9.47 Å². The molecule has 2 aliphatic rings. The van der Waals surface area contributed by atoms with Gasteiger partial charge in [-0.05, 0) is 31.9 Å². The van der Waals surface area contributed by atoms with Crippen LogP contribution in [0.25, 0.3) is 0 Å². The van der Waals surface area contributed by atoms with Crippen molar-refractivity contribution in [2.75, 3.05) is 18.9 Å². The Morgan fingerprint density at radius 1 is 1.48 bits per heavy atom. The maximum Gasteiger partial charge on any atom is 0.214 e. The normalized spacial score (nSPS) is 30.0. The fraction of sp³-hybridized carbons (Fsp3) is 0.643. The molecule has 1 aliphatic heterocycles. The van der Waals surface area contributed by atoms with Gasteiger partial charge in [0.05, 0.1) is 24.6 Å². The quantitative estimate of drug-likeness (QED) is 0.831. The van der Waals surface area contributed by atoms with Crippen LogP contribution in [0, 0.1) is 0 Å². The van der Waals surface area contributed by atoms with E-state index in [9.17, 15) is 8.42 Å². The number of morpholine rings is 1. The standard InChI is InChI=1S/C14H20N2O4S/c1-2-21(17,18)16-8-9-19-14-12(16)5-6-13(14)20-11-4-3-7-15-10-11/h3-4,7,10,12-14H,2,5-6,8-9H2,1H3/t12-,13-,14+/m1/s1. The molecular weight excluding hydrogens is 292 g/mol. The van der Waals surface area contributed by atoms with E-state index < -0.39 is 10.0 Å². The van der Waals surface area contributed by atoms with Crippen LogP contribution in [0.1, 0.15) is 19.8 Å². The zero-order valence-electron chi connectivity index (χ0n) is 12.0. The van der Waals surface area contributed by atoms with E-state index in [1.807, 2.05) is 12.1 Å². The van der Waals surface area contributed by atoms with E-state index in [0.29, 0.717) is 18.9 Å². The number of fused-ring (bicyclic) bond motifs is 1. The SMILES string of the molecule is CCS(=O)(=O)N1CCO[C@H]2[C@H]1CC[C@H]2Oc1cccnc1.